The zero-order chi connectivity index (χ0) is 29.0. The van der Waals surface area contributed by atoms with E-state index in [0.717, 1.165) is 28.4 Å². The molecular weight excluding hydrogens is 522 g/mol. The maximum absolute atomic E-state index is 5.29. The van der Waals surface area contributed by atoms with Crippen LogP contribution < -0.4 is 5.32 Å². The topological polar surface area (TPSA) is 36.8 Å². The molecule has 0 fully saturated rings. The van der Waals surface area contributed by atoms with Gasteiger partial charge in [-0.3, -0.25) is 0 Å². The lowest BCUT2D eigenvalue weighted by molar-refractivity contribution is 0.648. The van der Waals surface area contributed by atoms with E-state index in [0.29, 0.717) is 0 Å². The Morgan fingerprint density at radius 2 is 1.14 bits per heavy atom. The number of nitrogens with one attached hydrogen (secondary N) is 1. The van der Waals surface area contributed by atoms with Gasteiger partial charge in [0.1, 0.15) is 12.0 Å². The molecule has 6 aromatic carbocycles. The predicted molar refractivity (Wildman–Crippen MR) is 179 cm³/mol. The molecule has 0 spiro atoms. The van der Waals surface area contributed by atoms with Crippen molar-refractivity contribution < 1.29 is 0 Å². The molecule has 0 radical (unpaired) electrons. The van der Waals surface area contributed by atoms with E-state index in [4.69, 9.17) is 9.98 Å². The van der Waals surface area contributed by atoms with Gasteiger partial charge in [0.05, 0.1) is 0 Å². The Balaban J connectivity index is 1.30. The van der Waals surface area contributed by atoms with Crippen molar-refractivity contribution in [2.45, 2.75) is 25.4 Å². The Kier molecular flexibility index (Phi) is 5.87. The van der Waals surface area contributed by atoms with Gasteiger partial charge >= 0.3 is 0 Å². The number of rotatable bonds is 4. The normalized spacial score (nSPS) is 16.6. The molecule has 0 bridgehead atoms. The Morgan fingerprint density at radius 1 is 0.558 bits per heavy atom. The van der Waals surface area contributed by atoms with Crippen molar-refractivity contribution in [2.24, 2.45) is 9.98 Å². The third-order valence-corrected chi connectivity index (χ3v) is 8.95. The first-order valence-electron chi connectivity index (χ1n) is 14.9. The van der Waals surface area contributed by atoms with Crippen LogP contribution in [0.2, 0.25) is 0 Å². The van der Waals surface area contributed by atoms with Gasteiger partial charge in [0.2, 0.25) is 0 Å². The molecular formula is C40H31N3. The minimum absolute atomic E-state index is 0.116. The molecule has 2 aliphatic rings. The van der Waals surface area contributed by atoms with Crippen molar-refractivity contribution in [3.63, 3.8) is 0 Å². The smallest absolute Gasteiger partial charge is 0.159 e. The van der Waals surface area contributed by atoms with Crippen LogP contribution in [0.15, 0.2) is 150 Å². The molecule has 0 saturated heterocycles. The number of fused-ring (bicyclic) bond motifs is 5. The lowest BCUT2D eigenvalue weighted by Gasteiger charge is -2.27. The Hall–Kier alpha value is -5.28. The molecule has 0 aromatic heterocycles. The minimum Gasteiger partial charge on any atom is -0.344 e. The molecule has 1 aliphatic carbocycles. The number of aliphatic imine (C=N–C) groups is 2. The highest BCUT2D eigenvalue weighted by molar-refractivity contribution is 6.13. The van der Waals surface area contributed by atoms with Crippen LogP contribution in [0.1, 0.15) is 47.8 Å². The van der Waals surface area contributed by atoms with Crippen molar-refractivity contribution in [3.8, 4) is 22.3 Å². The summed E-state index contributed by atoms with van der Waals surface area (Å²) in [4.78, 5) is 10.4. The molecule has 8 rings (SSSR count). The highest BCUT2D eigenvalue weighted by Crippen LogP contribution is 2.52. The van der Waals surface area contributed by atoms with Crippen LogP contribution >= 0.6 is 0 Å². The number of hydrogen-bond acceptors (Lipinski definition) is 3. The summed E-state index contributed by atoms with van der Waals surface area (Å²) >= 11 is 0. The summed E-state index contributed by atoms with van der Waals surface area (Å²) in [6.45, 7) is 4.68. The van der Waals surface area contributed by atoms with Crippen molar-refractivity contribution in [3.05, 3.63) is 167 Å². The highest BCUT2D eigenvalue weighted by atomic mass is 15.2. The first-order valence-corrected chi connectivity index (χ1v) is 14.9. The average molecular weight is 554 g/mol. The molecule has 1 N–H and O–H groups in total. The minimum atomic E-state index is -0.300. The van der Waals surface area contributed by atoms with Gasteiger partial charge in [0, 0.05) is 22.1 Å². The summed E-state index contributed by atoms with van der Waals surface area (Å²) in [6, 6.07) is 49.4. The Morgan fingerprint density at radius 3 is 1.88 bits per heavy atom. The van der Waals surface area contributed by atoms with E-state index in [-0.39, 0.29) is 11.6 Å². The Labute approximate surface area is 252 Å². The fourth-order valence-corrected chi connectivity index (χ4v) is 6.73. The zero-order valence-electron chi connectivity index (χ0n) is 24.3. The first kappa shape index (κ1) is 25.4. The fraction of sp³-hybridized carbons (Fsp3) is 0.100. The quantitative estimate of drug-likeness (QED) is 0.232. The summed E-state index contributed by atoms with van der Waals surface area (Å²) in [6.07, 6.45) is -0.300. The van der Waals surface area contributed by atoms with E-state index in [1.165, 1.54) is 44.2 Å². The summed E-state index contributed by atoms with van der Waals surface area (Å²) in [5.74, 6) is 1.56. The van der Waals surface area contributed by atoms with E-state index in [1.54, 1.807) is 0 Å². The summed E-state index contributed by atoms with van der Waals surface area (Å²) in [5, 5.41) is 6.19. The van der Waals surface area contributed by atoms with E-state index < -0.39 is 0 Å². The van der Waals surface area contributed by atoms with Gasteiger partial charge in [0.25, 0.3) is 0 Å². The SMILES string of the molecule is CC1(C)c2ccccc2-c2c1cc(C1N=C(c3ccc(-c4ccccc4)cc3)N=C(c3ccccc3)N1)c1ccccc21. The average Bonchev–Trinajstić information content (AvgIpc) is 3.31. The number of hydrogen-bond donors (Lipinski definition) is 1. The lowest BCUT2D eigenvalue weighted by atomic mass is 9.81. The molecule has 206 valence electrons. The van der Waals surface area contributed by atoms with Crippen LogP contribution in [0.5, 0.6) is 0 Å². The maximum Gasteiger partial charge on any atom is 0.159 e. The Bertz CT molecular complexity index is 2050. The zero-order valence-corrected chi connectivity index (χ0v) is 24.3. The second kappa shape index (κ2) is 9.92. The second-order valence-electron chi connectivity index (χ2n) is 11.9. The van der Waals surface area contributed by atoms with Gasteiger partial charge in [-0.2, -0.15) is 0 Å². The third kappa shape index (κ3) is 4.20. The van der Waals surface area contributed by atoms with Gasteiger partial charge in [-0.15, -0.1) is 0 Å². The van der Waals surface area contributed by atoms with Crippen molar-refractivity contribution >= 4 is 22.4 Å². The maximum atomic E-state index is 5.29. The molecule has 0 amide bonds. The first-order chi connectivity index (χ1) is 21.1. The van der Waals surface area contributed by atoms with Crippen LogP contribution in [-0.4, -0.2) is 11.7 Å². The third-order valence-electron chi connectivity index (χ3n) is 8.95. The van der Waals surface area contributed by atoms with Crippen LogP contribution in [0.25, 0.3) is 33.0 Å². The summed E-state index contributed by atoms with van der Waals surface area (Å²) in [5.41, 5.74) is 10.8. The molecule has 0 saturated carbocycles. The van der Waals surface area contributed by atoms with E-state index in [2.05, 4.69) is 147 Å². The van der Waals surface area contributed by atoms with Crippen LogP contribution in [0, 0.1) is 0 Å². The fourth-order valence-electron chi connectivity index (χ4n) is 6.73. The van der Waals surface area contributed by atoms with Crippen molar-refractivity contribution in [1.82, 2.24) is 5.32 Å². The van der Waals surface area contributed by atoms with E-state index in [9.17, 15) is 0 Å². The molecule has 3 nitrogen and oxygen atoms in total. The van der Waals surface area contributed by atoms with Gasteiger partial charge in [-0.05, 0) is 50.2 Å². The summed E-state index contributed by atoms with van der Waals surface area (Å²) < 4.78 is 0. The highest BCUT2D eigenvalue weighted by Gasteiger charge is 2.37. The monoisotopic (exact) mass is 553 g/mol. The number of amidine groups is 2. The van der Waals surface area contributed by atoms with Crippen LogP contribution in [0.3, 0.4) is 0 Å². The van der Waals surface area contributed by atoms with Gasteiger partial charge < -0.3 is 5.32 Å². The second-order valence-corrected chi connectivity index (χ2v) is 11.9. The summed E-state index contributed by atoms with van der Waals surface area (Å²) in [7, 11) is 0. The molecule has 1 heterocycles. The molecule has 1 atom stereocenters. The van der Waals surface area contributed by atoms with Gasteiger partial charge in [-0.25, -0.2) is 9.98 Å². The molecule has 3 heteroatoms. The number of benzene rings is 6. The molecule has 43 heavy (non-hydrogen) atoms. The van der Waals surface area contributed by atoms with Gasteiger partial charge in [-0.1, -0.05) is 147 Å². The van der Waals surface area contributed by atoms with Crippen molar-refractivity contribution in [2.75, 3.05) is 0 Å². The standard InChI is InChI=1S/C40H31N3/c1-40(2)34-20-12-11-19-32(34)36-31-18-10-9-17-30(31)33(25-35(36)40)39-42-37(28-15-7-4-8-16-28)41-38(43-39)29-23-21-27(22-24-29)26-13-5-3-6-14-26/h3-25,39H,1-2H3,(H,41,42,43). The largest absolute Gasteiger partial charge is 0.344 e. The van der Waals surface area contributed by atoms with Crippen LogP contribution in [0.4, 0.5) is 0 Å². The van der Waals surface area contributed by atoms with E-state index in [1.807, 2.05) is 12.1 Å². The number of nitrogens with zero attached hydrogens (tertiary/aromatic N) is 2. The molecule has 6 aromatic rings. The van der Waals surface area contributed by atoms with Gasteiger partial charge in [0.15, 0.2) is 5.84 Å². The van der Waals surface area contributed by atoms with E-state index >= 15 is 0 Å². The molecule has 1 aliphatic heterocycles. The van der Waals surface area contributed by atoms with Crippen LogP contribution in [-0.2, 0) is 5.41 Å². The predicted octanol–water partition coefficient (Wildman–Crippen LogP) is 9.31. The molecule has 1 unspecified atom stereocenters. The lowest BCUT2D eigenvalue weighted by Crippen LogP contribution is -2.33. The van der Waals surface area contributed by atoms with Crippen molar-refractivity contribution in [1.29, 1.82) is 0 Å².